The largest absolute Gasteiger partial charge is 0.360 e. The number of hydrogen-bond donors (Lipinski definition) is 1. The average molecular weight is 457 g/mol. The van der Waals surface area contributed by atoms with Gasteiger partial charge in [0.15, 0.2) is 11.6 Å². The van der Waals surface area contributed by atoms with Gasteiger partial charge in [-0.3, -0.25) is 9.36 Å². The molecule has 1 aromatic carbocycles. The molecule has 0 radical (unpaired) electrons. The van der Waals surface area contributed by atoms with Crippen molar-refractivity contribution in [3.63, 3.8) is 0 Å². The first-order valence-corrected chi connectivity index (χ1v) is 11.6. The number of hydrogen-bond acceptors (Lipinski definition) is 5. The van der Waals surface area contributed by atoms with E-state index in [0.29, 0.717) is 0 Å². The molecule has 174 valence electrons. The van der Waals surface area contributed by atoms with Crippen molar-refractivity contribution in [3.8, 4) is 17.2 Å². The topological polar surface area (TPSA) is 90.8 Å². The van der Waals surface area contributed by atoms with E-state index >= 15 is 0 Å². The molecule has 0 saturated heterocycles. The van der Waals surface area contributed by atoms with Gasteiger partial charge in [-0.15, -0.1) is 10.2 Å². The van der Waals surface area contributed by atoms with E-state index in [2.05, 4.69) is 25.2 Å². The lowest BCUT2D eigenvalue weighted by molar-refractivity contribution is -0.111. The Balaban J connectivity index is 1.32. The van der Waals surface area contributed by atoms with Crippen molar-refractivity contribution in [2.45, 2.75) is 53.0 Å². The zero-order chi connectivity index (χ0) is 23.7. The summed E-state index contributed by atoms with van der Waals surface area (Å²) in [6, 6.07) is 11.7. The van der Waals surface area contributed by atoms with Gasteiger partial charge < -0.3 is 14.4 Å². The van der Waals surface area contributed by atoms with Gasteiger partial charge in [0.25, 0.3) is 0 Å². The number of carbonyl (C=O) groups is 1. The number of nitrogens with one attached hydrogen (secondary N) is 1. The molecule has 0 saturated carbocycles. The molecule has 1 aliphatic heterocycles. The summed E-state index contributed by atoms with van der Waals surface area (Å²) >= 11 is 0. The second-order valence-electron chi connectivity index (χ2n) is 8.76. The number of amides is 1. The van der Waals surface area contributed by atoms with Gasteiger partial charge in [-0.1, -0.05) is 23.7 Å². The maximum atomic E-state index is 12.7. The fourth-order valence-corrected chi connectivity index (χ4v) is 4.55. The highest BCUT2D eigenvalue weighted by Crippen LogP contribution is 2.25. The zero-order valence-electron chi connectivity index (χ0n) is 19.7. The quantitative estimate of drug-likeness (QED) is 0.426. The van der Waals surface area contributed by atoms with Crippen molar-refractivity contribution in [3.05, 3.63) is 71.0 Å². The van der Waals surface area contributed by atoms with Gasteiger partial charge in [0.1, 0.15) is 11.6 Å². The van der Waals surface area contributed by atoms with Crippen LogP contribution in [0, 0.1) is 20.8 Å². The number of aryl methyl sites for hydroxylation is 3. The highest BCUT2D eigenvalue weighted by atomic mass is 16.5. The zero-order valence-corrected chi connectivity index (χ0v) is 19.7. The van der Waals surface area contributed by atoms with Crippen LogP contribution in [0.5, 0.6) is 0 Å². The maximum Gasteiger partial charge on any atom is 0.248 e. The molecule has 8 nitrogen and oxygen atoms in total. The monoisotopic (exact) mass is 456 g/mol. The second-order valence-corrected chi connectivity index (χ2v) is 8.76. The maximum absolute atomic E-state index is 12.7. The number of fused-ring (bicyclic) bond motifs is 1. The Bertz CT molecular complexity index is 1370. The molecule has 4 aromatic rings. The Morgan fingerprint density at radius 1 is 1.09 bits per heavy atom. The van der Waals surface area contributed by atoms with Crippen LogP contribution in [0.25, 0.3) is 23.3 Å². The smallest absolute Gasteiger partial charge is 0.248 e. The van der Waals surface area contributed by atoms with E-state index in [1.165, 1.54) is 6.42 Å². The Kier molecular flexibility index (Phi) is 5.88. The third-order valence-corrected chi connectivity index (χ3v) is 6.23. The van der Waals surface area contributed by atoms with Gasteiger partial charge in [0.2, 0.25) is 5.91 Å². The lowest BCUT2D eigenvalue weighted by Crippen LogP contribution is -2.08. The van der Waals surface area contributed by atoms with E-state index in [1.54, 1.807) is 6.08 Å². The van der Waals surface area contributed by atoms with Crippen LogP contribution in [-0.2, 0) is 17.8 Å². The lowest BCUT2D eigenvalue weighted by Gasteiger charge is -2.09. The number of anilines is 1. The minimum atomic E-state index is -0.195. The Hall–Kier alpha value is -3.94. The van der Waals surface area contributed by atoms with Gasteiger partial charge in [0.05, 0.1) is 0 Å². The van der Waals surface area contributed by atoms with Crippen LogP contribution in [-0.4, -0.2) is 30.4 Å². The lowest BCUT2D eigenvalue weighted by atomic mass is 10.1. The van der Waals surface area contributed by atoms with Crippen LogP contribution in [0.3, 0.4) is 0 Å². The van der Waals surface area contributed by atoms with Crippen LogP contribution in [0.4, 0.5) is 5.69 Å². The van der Waals surface area contributed by atoms with Crippen LogP contribution in [0.15, 0.2) is 47.0 Å². The SMILES string of the molecule is Cc1cc(-n2c(C)cc(/C=C/C(=O)Nc3cccc(-c4nnc5n4CCCCC5)c3)c2C)no1. The minimum absolute atomic E-state index is 0.195. The van der Waals surface area contributed by atoms with Gasteiger partial charge in [-0.25, -0.2) is 0 Å². The average Bonchev–Trinajstić information content (AvgIpc) is 3.44. The third-order valence-electron chi connectivity index (χ3n) is 6.23. The Morgan fingerprint density at radius 2 is 1.97 bits per heavy atom. The normalized spacial score (nSPS) is 13.7. The van der Waals surface area contributed by atoms with E-state index in [-0.39, 0.29) is 5.91 Å². The molecule has 1 amide bonds. The molecule has 0 fully saturated rings. The first kappa shape index (κ1) is 21.9. The van der Waals surface area contributed by atoms with Gasteiger partial charge in [-0.2, -0.15) is 0 Å². The molecule has 3 aromatic heterocycles. The molecular weight excluding hydrogens is 428 g/mol. The summed E-state index contributed by atoms with van der Waals surface area (Å²) in [6.45, 7) is 6.80. The molecule has 1 aliphatic rings. The molecule has 0 spiro atoms. The summed E-state index contributed by atoms with van der Waals surface area (Å²) in [5, 5.41) is 15.9. The number of benzene rings is 1. The molecule has 0 aliphatic carbocycles. The summed E-state index contributed by atoms with van der Waals surface area (Å²) < 4.78 is 9.43. The second kappa shape index (κ2) is 9.13. The number of carbonyl (C=O) groups excluding carboxylic acids is 1. The van der Waals surface area contributed by atoms with Gasteiger partial charge in [-0.05, 0) is 63.5 Å². The van der Waals surface area contributed by atoms with E-state index in [1.807, 2.05) is 67.8 Å². The van der Waals surface area contributed by atoms with Crippen LogP contribution in [0.1, 0.15) is 47.8 Å². The summed E-state index contributed by atoms with van der Waals surface area (Å²) in [5.74, 6) is 3.20. The van der Waals surface area contributed by atoms with Crippen molar-refractivity contribution in [1.29, 1.82) is 0 Å². The summed E-state index contributed by atoms with van der Waals surface area (Å²) in [5.41, 5.74) is 4.64. The standard InChI is InChI=1S/C26H28N6O2/c1-17-14-20(19(3)32(17)24-15-18(2)34-30-24)11-12-25(33)27-22-9-7-8-21(16-22)26-29-28-23-10-5-4-6-13-31(23)26/h7-9,11-12,14-16H,4-6,10,13H2,1-3H3,(H,27,33)/b12-11+. The molecule has 4 heterocycles. The van der Waals surface area contributed by atoms with E-state index < -0.39 is 0 Å². The molecule has 0 bridgehead atoms. The third kappa shape index (κ3) is 4.31. The Labute approximate surface area is 198 Å². The van der Waals surface area contributed by atoms with Crippen LogP contribution >= 0.6 is 0 Å². The summed E-state index contributed by atoms with van der Waals surface area (Å²) in [6.07, 6.45) is 7.84. The molecule has 5 rings (SSSR count). The van der Waals surface area contributed by atoms with E-state index in [0.717, 1.165) is 77.2 Å². The molecule has 1 N–H and O–H groups in total. The highest BCUT2D eigenvalue weighted by Gasteiger charge is 2.16. The highest BCUT2D eigenvalue weighted by molar-refractivity contribution is 6.02. The first-order valence-electron chi connectivity index (χ1n) is 11.6. The fourth-order valence-electron chi connectivity index (χ4n) is 4.55. The molecule has 0 atom stereocenters. The van der Waals surface area contributed by atoms with Crippen molar-refractivity contribution in [1.82, 2.24) is 24.5 Å². The molecule has 0 unspecified atom stereocenters. The van der Waals surface area contributed by atoms with Crippen molar-refractivity contribution in [2.24, 2.45) is 0 Å². The predicted octanol–water partition coefficient (Wildman–Crippen LogP) is 5.03. The van der Waals surface area contributed by atoms with Crippen LogP contribution < -0.4 is 5.32 Å². The van der Waals surface area contributed by atoms with Gasteiger partial charge in [0, 0.05) is 47.7 Å². The fraction of sp³-hybridized carbons (Fsp3) is 0.308. The van der Waals surface area contributed by atoms with Crippen LogP contribution in [0.2, 0.25) is 0 Å². The molecule has 34 heavy (non-hydrogen) atoms. The van der Waals surface area contributed by atoms with E-state index in [9.17, 15) is 4.79 Å². The Morgan fingerprint density at radius 3 is 2.79 bits per heavy atom. The van der Waals surface area contributed by atoms with Gasteiger partial charge >= 0.3 is 0 Å². The number of nitrogens with zero attached hydrogens (tertiary/aromatic N) is 5. The minimum Gasteiger partial charge on any atom is -0.360 e. The van der Waals surface area contributed by atoms with Crippen molar-refractivity contribution < 1.29 is 9.32 Å². The van der Waals surface area contributed by atoms with Crippen molar-refractivity contribution in [2.75, 3.05) is 5.32 Å². The van der Waals surface area contributed by atoms with E-state index in [4.69, 9.17) is 4.52 Å². The molecular formula is C26H28N6O2. The first-order chi connectivity index (χ1) is 16.5. The predicted molar refractivity (Wildman–Crippen MR) is 131 cm³/mol. The summed E-state index contributed by atoms with van der Waals surface area (Å²) in [4.78, 5) is 12.7. The summed E-state index contributed by atoms with van der Waals surface area (Å²) in [7, 11) is 0. The van der Waals surface area contributed by atoms with Crippen molar-refractivity contribution >= 4 is 17.7 Å². The number of aromatic nitrogens is 5. The molecule has 8 heteroatoms. The number of rotatable bonds is 5.